The van der Waals surface area contributed by atoms with Crippen molar-refractivity contribution in [3.63, 3.8) is 0 Å². The van der Waals surface area contributed by atoms with Gasteiger partial charge < -0.3 is 10.0 Å². The van der Waals surface area contributed by atoms with Gasteiger partial charge in [-0.3, -0.25) is 4.48 Å². The van der Waals surface area contributed by atoms with Crippen LogP contribution in [0.25, 0.3) is 0 Å². The lowest BCUT2D eigenvalue weighted by molar-refractivity contribution is 0.426. The standard InChI is InChI=1S/C7H13BNO2S/c1-9(2,3)7-4-6(5-12-7)8(10)11/h4-5,10-11H,1-3H3/q+1. The van der Waals surface area contributed by atoms with Crippen LogP contribution in [0.1, 0.15) is 0 Å². The Bertz CT molecular complexity index is 267. The third-order valence-corrected chi connectivity index (χ3v) is 2.86. The molecule has 1 aromatic rings. The molecule has 0 fully saturated rings. The van der Waals surface area contributed by atoms with E-state index in [9.17, 15) is 0 Å². The zero-order chi connectivity index (χ0) is 9.35. The number of quaternary nitrogens is 1. The molecule has 0 saturated carbocycles. The van der Waals surface area contributed by atoms with Gasteiger partial charge in [-0.1, -0.05) is 11.3 Å². The van der Waals surface area contributed by atoms with Crippen molar-refractivity contribution < 1.29 is 10.0 Å². The highest BCUT2D eigenvalue weighted by Gasteiger charge is 2.19. The molecule has 0 amide bonds. The van der Waals surface area contributed by atoms with E-state index >= 15 is 0 Å². The van der Waals surface area contributed by atoms with E-state index in [-0.39, 0.29) is 0 Å². The molecule has 0 atom stereocenters. The Morgan fingerprint density at radius 2 is 1.92 bits per heavy atom. The molecule has 1 aromatic heterocycles. The van der Waals surface area contributed by atoms with Crippen LogP contribution in [0.3, 0.4) is 0 Å². The molecule has 0 aliphatic heterocycles. The summed E-state index contributed by atoms with van der Waals surface area (Å²) in [6.45, 7) is 0. The van der Waals surface area contributed by atoms with Crippen molar-refractivity contribution in [1.29, 1.82) is 0 Å². The molecule has 5 heteroatoms. The predicted octanol–water partition coefficient (Wildman–Crippen LogP) is -0.375. The number of hydrogen-bond acceptors (Lipinski definition) is 3. The highest BCUT2D eigenvalue weighted by Crippen LogP contribution is 2.21. The van der Waals surface area contributed by atoms with Crippen molar-refractivity contribution in [2.75, 3.05) is 21.1 Å². The predicted molar refractivity (Wildman–Crippen MR) is 53.7 cm³/mol. The van der Waals surface area contributed by atoms with Gasteiger partial charge in [0.2, 0.25) is 0 Å². The van der Waals surface area contributed by atoms with Crippen LogP contribution in [0.2, 0.25) is 0 Å². The van der Waals surface area contributed by atoms with Gasteiger partial charge in [0.05, 0.1) is 21.1 Å². The summed E-state index contributed by atoms with van der Waals surface area (Å²) in [6, 6.07) is 1.81. The summed E-state index contributed by atoms with van der Waals surface area (Å²) in [5.41, 5.74) is 0.572. The zero-order valence-electron chi connectivity index (χ0n) is 7.48. The van der Waals surface area contributed by atoms with E-state index in [0.717, 1.165) is 5.00 Å². The molecule has 0 saturated heterocycles. The monoisotopic (exact) mass is 186 g/mol. The molecule has 0 radical (unpaired) electrons. The molecule has 0 bridgehead atoms. The van der Waals surface area contributed by atoms with Crippen molar-refractivity contribution in [2.24, 2.45) is 0 Å². The fourth-order valence-corrected chi connectivity index (χ4v) is 1.79. The van der Waals surface area contributed by atoms with Gasteiger partial charge in [-0.25, -0.2) is 0 Å². The first-order valence-electron chi connectivity index (χ1n) is 3.68. The molecule has 0 unspecified atom stereocenters. The third kappa shape index (κ3) is 2.07. The zero-order valence-corrected chi connectivity index (χ0v) is 8.30. The maximum Gasteiger partial charge on any atom is 0.489 e. The summed E-state index contributed by atoms with van der Waals surface area (Å²) in [5.74, 6) is 0. The lowest BCUT2D eigenvalue weighted by Crippen LogP contribution is -2.34. The van der Waals surface area contributed by atoms with E-state index in [4.69, 9.17) is 10.0 Å². The number of nitrogens with zero attached hydrogens (tertiary/aromatic N) is 1. The molecule has 3 nitrogen and oxygen atoms in total. The van der Waals surface area contributed by atoms with Crippen LogP contribution < -0.4 is 9.95 Å². The van der Waals surface area contributed by atoms with E-state index in [1.807, 2.05) is 27.2 Å². The van der Waals surface area contributed by atoms with Crippen LogP contribution in [0.15, 0.2) is 11.4 Å². The average molecular weight is 186 g/mol. The van der Waals surface area contributed by atoms with Gasteiger partial charge in [0.25, 0.3) is 0 Å². The fraction of sp³-hybridized carbons (Fsp3) is 0.429. The van der Waals surface area contributed by atoms with Gasteiger partial charge in [0.15, 0.2) is 5.00 Å². The first-order chi connectivity index (χ1) is 5.41. The van der Waals surface area contributed by atoms with E-state index in [2.05, 4.69) is 0 Å². The molecular formula is C7H13BNO2S+. The maximum atomic E-state index is 8.86. The molecule has 2 N–H and O–H groups in total. The second kappa shape index (κ2) is 3.18. The van der Waals surface area contributed by atoms with Gasteiger partial charge in [0, 0.05) is 6.07 Å². The summed E-state index contributed by atoms with van der Waals surface area (Å²) < 4.78 is 0.706. The summed E-state index contributed by atoms with van der Waals surface area (Å²) in [4.78, 5) is 0. The molecule has 66 valence electrons. The fourth-order valence-electron chi connectivity index (χ4n) is 0.826. The van der Waals surface area contributed by atoms with Crippen LogP contribution in [-0.4, -0.2) is 38.3 Å². The molecule has 0 spiro atoms. The van der Waals surface area contributed by atoms with Crippen molar-refractivity contribution >= 4 is 28.9 Å². The minimum Gasteiger partial charge on any atom is -0.423 e. The van der Waals surface area contributed by atoms with Crippen LogP contribution in [0.5, 0.6) is 0 Å². The molecule has 12 heavy (non-hydrogen) atoms. The number of hydrogen-bond donors (Lipinski definition) is 2. The Morgan fingerprint density at radius 3 is 2.17 bits per heavy atom. The van der Waals surface area contributed by atoms with Crippen LogP contribution in [0, 0.1) is 0 Å². The van der Waals surface area contributed by atoms with Gasteiger partial charge in [-0.05, 0) is 10.8 Å². The second-order valence-corrected chi connectivity index (χ2v) is 4.49. The number of rotatable bonds is 2. The Kier molecular flexibility index (Phi) is 2.58. The molecule has 1 rings (SSSR count). The van der Waals surface area contributed by atoms with Crippen molar-refractivity contribution in [3.8, 4) is 0 Å². The average Bonchev–Trinajstić information content (AvgIpc) is 2.30. The molecular weight excluding hydrogens is 173 g/mol. The Balaban J connectivity index is 2.92. The Morgan fingerprint density at radius 1 is 1.33 bits per heavy atom. The molecule has 0 aliphatic rings. The lowest BCUT2D eigenvalue weighted by atomic mass is 9.83. The van der Waals surface area contributed by atoms with Crippen LogP contribution >= 0.6 is 11.3 Å². The van der Waals surface area contributed by atoms with Crippen molar-refractivity contribution in [2.45, 2.75) is 0 Å². The number of thiophene rings is 1. The lowest BCUT2D eigenvalue weighted by Gasteiger charge is -2.20. The van der Waals surface area contributed by atoms with E-state index in [1.165, 1.54) is 11.3 Å². The van der Waals surface area contributed by atoms with Crippen LogP contribution in [-0.2, 0) is 0 Å². The summed E-state index contributed by atoms with van der Waals surface area (Å²) in [5, 5.41) is 20.6. The summed E-state index contributed by atoms with van der Waals surface area (Å²) in [7, 11) is 4.78. The normalized spacial score (nSPS) is 11.8. The van der Waals surface area contributed by atoms with Gasteiger partial charge in [-0.2, -0.15) is 0 Å². The van der Waals surface area contributed by atoms with Gasteiger partial charge >= 0.3 is 7.12 Å². The Labute approximate surface area is 76.6 Å². The van der Waals surface area contributed by atoms with E-state index in [0.29, 0.717) is 9.95 Å². The van der Waals surface area contributed by atoms with Crippen LogP contribution in [0.4, 0.5) is 5.00 Å². The van der Waals surface area contributed by atoms with Crippen molar-refractivity contribution in [3.05, 3.63) is 11.4 Å². The van der Waals surface area contributed by atoms with E-state index in [1.54, 1.807) is 5.38 Å². The third-order valence-electron chi connectivity index (χ3n) is 1.57. The van der Waals surface area contributed by atoms with Gasteiger partial charge in [0.1, 0.15) is 0 Å². The first-order valence-corrected chi connectivity index (χ1v) is 4.56. The maximum absolute atomic E-state index is 8.86. The second-order valence-electron chi connectivity index (χ2n) is 3.60. The highest BCUT2D eigenvalue weighted by molar-refractivity contribution is 7.15. The molecule has 0 aliphatic carbocycles. The Hall–Kier alpha value is -0.355. The molecule has 0 aromatic carbocycles. The summed E-state index contributed by atoms with van der Waals surface area (Å²) >= 11 is 1.54. The smallest absolute Gasteiger partial charge is 0.423 e. The topological polar surface area (TPSA) is 40.5 Å². The SMILES string of the molecule is C[N+](C)(C)c1cc(B(O)O)cs1. The largest absolute Gasteiger partial charge is 0.489 e. The summed E-state index contributed by atoms with van der Waals surface area (Å²) in [6.07, 6.45) is 0. The minimum atomic E-state index is -1.35. The minimum absolute atomic E-state index is 0.572. The van der Waals surface area contributed by atoms with E-state index < -0.39 is 7.12 Å². The highest BCUT2D eigenvalue weighted by atomic mass is 32.1. The van der Waals surface area contributed by atoms with Crippen molar-refractivity contribution in [1.82, 2.24) is 4.48 Å². The first kappa shape index (κ1) is 9.73. The molecule has 1 heterocycles. The van der Waals surface area contributed by atoms with Gasteiger partial charge in [-0.15, -0.1) is 0 Å². The quantitative estimate of drug-likeness (QED) is 0.488.